The van der Waals surface area contributed by atoms with Crippen molar-refractivity contribution in [3.8, 4) is 0 Å². The van der Waals surface area contributed by atoms with Gasteiger partial charge in [-0.1, -0.05) is 12.7 Å². The highest BCUT2D eigenvalue weighted by atomic mass is 16.2. The first kappa shape index (κ1) is 9.97. The average molecular weight is 201 g/mol. The first-order valence-corrected chi connectivity index (χ1v) is 5.06. The van der Waals surface area contributed by atoms with Gasteiger partial charge in [0.25, 0.3) is 0 Å². The lowest BCUT2D eigenvalue weighted by atomic mass is 9.84. The van der Waals surface area contributed by atoms with E-state index in [4.69, 9.17) is 0 Å². The highest BCUT2D eigenvalue weighted by Gasteiger charge is 2.39. The van der Waals surface area contributed by atoms with Crippen molar-refractivity contribution in [3.05, 3.63) is 35.4 Å². The van der Waals surface area contributed by atoms with Crippen LogP contribution in [0.15, 0.2) is 18.7 Å². The molecule has 1 N–H and O–H groups in total. The summed E-state index contributed by atoms with van der Waals surface area (Å²) in [6.45, 7) is 9.66. The van der Waals surface area contributed by atoms with Gasteiger partial charge >= 0.3 is 0 Å². The molecule has 0 radical (unpaired) electrons. The van der Waals surface area contributed by atoms with Gasteiger partial charge in [0.1, 0.15) is 0 Å². The number of hydrogen-bond donors (Lipinski definition) is 1. The van der Waals surface area contributed by atoms with Crippen LogP contribution < -0.4 is 5.32 Å². The predicted octanol–water partition coefficient (Wildman–Crippen LogP) is 2.87. The van der Waals surface area contributed by atoms with Crippen LogP contribution in [-0.4, -0.2) is 5.91 Å². The molecule has 0 bridgehead atoms. The van der Waals surface area contributed by atoms with E-state index < -0.39 is 5.41 Å². The molecule has 0 aromatic heterocycles. The van der Waals surface area contributed by atoms with Crippen molar-refractivity contribution in [3.63, 3.8) is 0 Å². The molecule has 0 aliphatic carbocycles. The van der Waals surface area contributed by atoms with Crippen molar-refractivity contribution < 1.29 is 4.79 Å². The van der Waals surface area contributed by atoms with Gasteiger partial charge < -0.3 is 5.32 Å². The molecule has 78 valence electrons. The topological polar surface area (TPSA) is 29.1 Å². The fourth-order valence-corrected chi connectivity index (χ4v) is 1.98. The number of amides is 1. The third-order valence-electron chi connectivity index (χ3n) is 3.07. The third-order valence-corrected chi connectivity index (χ3v) is 3.07. The van der Waals surface area contributed by atoms with Gasteiger partial charge in [0.15, 0.2) is 0 Å². The van der Waals surface area contributed by atoms with Gasteiger partial charge in [0, 0.05) is 5.69 Å². The second-order valence-corrected chi connectivity index (χ2v) is 4.54. The quantitative estimate of drug-likeness (QED) is 0.743. The number of benzene rings is 1. The van der Waals surface area contributed by atoms with E-state index in [1.165, 1.54) is 0 Å². The van der Waals surface area contributed by atoms with Crippen molar-refractivity contribution in [2.24, 2.45) is 0 Å². The molecule has 2 rings (SSSR count). The van der Waals surface area contributed by atoms with Crippen molar-refractivity contribution in [1.29, 1.82) is 0 Å². The van der Waals surface area contributed by atoms with Crippen LogP contribution in [0.25, 0.3) is 6.08 Å². The van der Waals surface area contributed by atoms with Crippen LogP contribution in [0.4, 0.5) is 5.69 Å². The lowest BCUT2D eigenvalue weighted by Crippen LogP contribution is -2.26. The molecule has 15 heavy (non-hydrogen) atoms. The summed E-state index contributed by atoms with van der Waals surface area (Å²) >= 11 is 0. The number of carbonyl (C=O) groups is 1. The highest BCUT2D eigenvalue weighted by molar-refractivity contribution is 6.06. The van der Waals surface area contributed by atoms with Crippen molar-refractivity contribution in [2.75, 3.05) is 5.32 Å². The van der Waals surface area contributed by atoms with E-state index in [2.05, 4.69) is 11.9 Å². The van der Waals surface area contributed by atoms with Crippen LogP contribution in [0.5, 0.6) is 0 Å². The summed E-state index contributed by atoms with van der Waals surface area (Å²) in [5.74, 6) is 0.0711. The Morgan fingerprint density at radius 2 is 2.07 bits per heavy atom. The van der Waals surface area contributed by atoms with E-state index in [1.54, 1.807) is 0 Å². The van der Waals surface area contributed by atoms with Crippen LogP contribution in [0, 0.1) is 6.92 Å². The van der Waals surface area contributed by atoms with Crippen LogP contribution in [0.3, 0.4) is 0 Å². The Labute approximate surface area is 90.0 Å². The number of nitrogens with one attached hydrogen (secondary N) is 1. The lowest BCUT2D eigenvalue weighted by molar-refractivity contribution is -0.119. The second kappa shape index (κ2) is 2.96. The summed E-state index contributed by atoms with van der Waals surface area (Å²) in [6.07, 6.45) is 1.81. The van der Waals surface area contributed by atoms with Gasteiger partial charge in [-0.15, -0.1) is 0 Å². The van der Waals surface area contributed by atoms with E-state index in [0.717, 1.165) is 22.4 Å². The fraction of sp³-hybridized carbons (Fsp3) is 0.308. The van der Waals surface area contributed by atoms with Crippen molar-refractivity contribution >= 4 is 17.7 Å². The number of fused-ring (bicyclic) bond motifs is 1. The number of rotatable bonds is 1. The molecule has 2 heteroatoms. The van der Waals surface area contributed by atoms with E-state index in [0.29, 0.717) is 0 Å². The maximum absolute atomic E-state index is 11.8. The van der Waals surface area contributed by atoms with Gasteiger partial charge in [-0.3, -0.25) is 4.79 Å². The summed E-state index contributed by atoms with van der Waals surface area (Å²) in [5.41, 5.74) is 3.77. The molecule has 1 aliphatic rings. The van der Waals surface area contributed by atoms with E-state index in [-0.39, 0.29) is 5.91 Å². The third kappa shape index (κ3) is 1.29. The maximum Gasteiger partial charge on any atom is 0.234 e. The molecule has 1 amide bonds. The van der Waals surface area contributed by atoms with Gasteiger partial charge in [-0.05, 0) is 49.6 Å². The minimum Gasteiger partial charge on any atom is -0.325 e. The zero-order chi connectivity index (χ0) is 11.2. The predicted molar refractivity (Wildman–Crippen MR) is 62.9 cm³/mol. The fourth-order valence-electron chi connectivity index (χ4n) is 1.98. The molecule has 2 nitrogen and oxygen atoms in total. The van der Waals surface area contributed by atoms with Crippen LogP contribution >= 0.6 is 0 Å². The molecular weight excluding hydrogens is 186 g/mol. The number of aryl methyl sites for hydroxylation is 1. The smallest absolute Gasteiger partial charge is 0.234 e. The zero-order valence-electron chi connectivity index (χ0n) is 9.35. The molecule has 1 heterocycles. The Bertz CT molecular complexity index is 458. The first-order valence-electron chi connectivity index (χ1n) is 5.06. The number of carbonyl (C=O) groups excluding carboxylic acids is 1. The second-order valence-electron chi connectivity index (χ2n) is 4.54. The van der Waals surface area contributed by atoms with Crippen LogP contribution in [0.1, 0.15) is 30.5 Å². The van der Waals surface area contributed by atoms with Gasteiger partial charge in [-0.2, -0.15) is 0 Å². The standard InChI is InChI=1S/C13H15NO/c1-5-9-6-8(2)11-10(7-9)13(3,4)12(15)14-11/h5-7H,1H2,2-4H3,(H,14,15). The summed E-state index contributed by atoms with van der Waals surface area (Å²) in [5, 5.41) is 2.93. The lowest BCUT2D eigenvalue weighted by Gasteiger charge is -2.15. The summed E-state index contributed by atoms with van der Waals surface area (Å²) < 4.78 is 0. The molecule has 0 unspecified atom stereocenters. The highest BCUT2D eigenvalue weighted by Crippen LogP contribution is 2.39. The molecular formula is C13H15NO. The van der Waals surface area contributed by atoms with Crippen LogP contribution in [0.2, 0.25) is 0 Å². The van der Waals surface area contributed by atoms with E-state index >= 15 is 0 Å². The Hall–Kier alpha value is -1.57. The first-order chi connectivity index (χ1) is 6.96. The Kier molecular flexibility index (Phi) is 1.97. The maximum atomic E-state index is 11.8. The van der Waals surface area contributed by atoms with E-state index in [9.17, 15) is 4.79 Å². The minimum atomic E-state index is -0.431. The van der Waals surface area contributed by atoms with E-state index in [1.807, 2.05) is 39.0 Å². The molecule has 1 aliphatic heterocycles. The Morgan fingerprint density at radius 3 is 2.67 bits per heavy atom. The minimum absolute atomic E-state index is 0.0711. The molecule has 0 atom stereocenters. The summed E-state index contributed by atoms with van der Waals surface area (Å²) in [7, 11) is 0. The largest absolute Gasteiger partial charge is 0.325 e. The number of anilines is 1. The normalized spacial score (nSPS) is 17.1. The van der Waals surface area contributed by atoms with Crippen LogP contribution in [-0.2, 0) is 10.2 Å². The Morgan fingerprint density at radius 1 is 1.40 bits per heavy atom. The van der Waals surface area contributed by atoms with Gasteiger partial charge in [0.2, 0.25) is 5.91 Å². The molecule has 0 saturated heterocycles. The zero-order valence-corrected chi connectivity index (χ0v) is 9.35. The molecule has 1 aromatic rings. The van der Waals surface area contributed by atoms with Crippen molar-refractivity contribution in [1.82, 2.24) is 0 Å². The molecule has 1 aromatic carbocycles. The van der Waals surface area contributed by atoms with Crippen molar-refractivity contribution in [2.45, 2.75) is 26.2 Å². The summed E-state index contributed by atoms with van der Waals surface area (Å²) in [4.78, 5) is 11.8. The van der Waals surface area contributed by atoms with Gasteiger partial charge in [-0.25, -0.2) is 0 Å². The average Bonchev–Trinajstić information content (AvgIpc) is 2.41. The Balaban J connectivity index is 2.71. The SMILES string of the molecule is C=Cc1cc(C)c2c(c1)C(C)(C)C(=O)N2. The molecule has 0 fully saturated rings. The summed E-state index contributed by atoms with van der Waals surface area (Å²) in [6, 6.07) is 4.07. The molecule has 0 spiro atoms. The van der Waals surface area contributed by atoms with Gasteiger partial charge in [0.05, 0.1) is 5.41 Å². The monoisotopic (exact) mass is 201 g/mol. The number of hydrogen-bond acceptors (Lipinski definition) is 1. The molecule has 0 saturated carbocycles.